The molecule has 7 heteroatoms. The summed E-state index contributed by atoms with van der Waals surface area (Å²) < 4.78 is 0. The van der Waals surface area contributed by atoms with Gasteiger partial charge in [-0.3, -0.25) is 4.79 Å². The number of carboxylic acids is 1. The molecule has 20 heavy (non-hydrogen) atoms. The summed E-state index contributed by atoms with van der Waals surface area (Å²) in [7, 11) is 0. The zero-order valence-electron chi connectivity index (χ0n) is 12.0. The summed E-state index contributed by atoms with van der Waals surface area (Å²) in [6.45, 7) is 3.92. The predicted molar refractivity (Wildman–Crippen MR) is 72.9 cm³/mol. The van der Waals surface area contributed by atoms with E-state index in [2.05, 4.69) is 5.32 Å². The summed E-state index contributed by atoms with van der Waals surface area (Å²) in [5.41, 5.74) is 5.25. The van der Waals surface area contributed by atoms with Crippen molar-refractivity contribution in [1.82, 2.24) is 10.2 Å². The lowest BCUT2D eigenvalue weighted by molar-refractivity contribution is -0.142. The molecule has 0 aromatic heterocycles. The molecule has 7 nitrogen and oxygen atoms in total. The Morgan fingerprint density at radius 1 is 1.25 bits per heavy atom. The number of carbonyl (C=O) groups is 3. The van der Waals surface area contributed by atoms with Crippen molar-refractivity contribution >= 4 is 17.9 Å². The standard InChI is InChI=1S/C13H23N3O4/c1-8(2)10(11(14)17)15-13(20)16-7-5-3-4-6-9(16)12(18)19/h8-10H,3-7H2,1-2H3,(H2,14,17)(H,15,20)(H,18,19). The molecule has 0 saturated carbocycles. The zero-order valence-corrected chi connectivity index (χ0v) is 12.0. The van der Waals surface area contributed by atoms with E-state index in [4.69, 9.17) is 5.73 Å². The van der Waals surface area contributed by atoms with Crippen LogP contribution in [-0.4, -0.2) is 46.5 Å². The molecule has 1 aliphatic rings. The molecular formula is C13H23N3O4. The molecule has 1 rings (SSSR count). The van der Waals surface area contributed by atoms with Gasteiger partial charge in [-0.2, -0.15) is 0 Å². The monoisotopic (exact) mass is 285 g/mol. The van der Waals surface area contributed by atoms with Crippen LogP contribution in [0.5, 0.6) is 0 Å². The molecule has 1 saturated heterocycles. The van der Waals surface area contributed by atoms with Gasteiger partial charge in [-0.1, -0.05) is 26.7 Å². The fraction of sp³-hybridized carbons (Fsp3) is 0.769. The Hall–Kier alpha value is -1.79. The van der Waals surface area contributed by atoms with Crippen molar-refractivity contribution in [3.63, 3.8) is 0 Å². The second-order valence-corrected chi connectivity index (χ2v) is 5.47. The molecule has 0 aromatic rings. The topological polar surface area (TPSA) is 113 Å². The van der Waals surface area contributed by atoms with Crippen molar-refractivity contribution in [3.05, 3.63) is 0 Å². The fourth-order valence-electron chi connectivity index (χ4n) is 2.39. The van der Waals surface area contributed by atoms with Crippen LogP contribution in [0.2, 0.25) is 0 Å². The molecule has 2 atom stereocenters. The average molecular weight is 285 g/mol. The van der Waals surface area contributed by atoms with E-state index in [1.54, 1.807) is 13.8 Å². The number of primary amides is 1. The van der Waals surface area contributed by atoms with Crippen LogP contribution in [0.3, 0.4) is 0 Å². The maximum Gasteiger partial charge on any atom is 0.326 e. The highest BCUT2D eigenvalue weighted by Crippen LogP contribution is 2.17. The summed E-state index contributed by atoms with van der Waals surface area (Å²) in [6, 6.07) is -2.16. The second-order valence-electron chi connectivity index (χ2n) is 5.47. The van der Waals surface area contributed by atoms with E-state index >= 15 is 0 Å². The van der Waals surface area contributed by atoms with E-state index in [9.17, 15) is 19.5 Å². The molecule has 0 aromatic carbocycles. The van der Waals surface area contributed by atoms with E-state index < -0.39 is 30.0 Å². The largest absolute Gasteiger partial charge is 0.480 e. The molecule has 114 valence electrons. The highest BCUT2D eigenvalue weighted by Gasteiger charge is 2.33. The Kier molecular flexibility index (Phi) is 5.79. The van der Waals surface area contributed by atoms with Crippen LogP contribution in [0.15, 0.2) is 0 Å². The van der Waals surface area contributed by atoms with Gasteiger partial charge in [-0.25, -0.2) is 9.59 Å². The van der Waals surface area contributed by atoms with Gasteiger partial charge in [-0.15, -0.1) is 0 Å². The number of carbonyl (C=O) groups excluding carboxylic acids is 2. The Bertz CT molecular complexity index is 384. The van der Waals surface area contributed by atoms with E-state index in [-0.39, 0.29) is 5.92 Å². The Labute approximate surface area is 118 Å². The van der Waals surface area contributed by atoms with Gasteiger partial charge < -0.3 is 21.1 Å². The summed E-state index contributed by atoms with van der Waals surface area (Å²) >= 11 is 0. The number of nitrogens with zero attached hydrogens (tertiary/aromatic N) is 1. The first-order valence-electron chi connectivity index (χ1n) is 6.93. The molecule has 2 unspecified atom stereocenters. The molecular weight excluding hydrogens is 262 g/mol. The third-order valence-corrected chi connectivity index (χ3v) is 3.55. The second kappa shape index (κ2) is 7.12. The van der Waals surface area contributed by atoms with Gasteiger partial charge in [0.15, 0.2) is 0 Å². The average Bonchev–Trinajstić information content (AvgIpc) is 2.60. The van der Waals surface area contributed by atoms with Crippen LogP contribution in [0.25, 0.3) is 0 Å². The molecule has 0 spiro atoms. The van der Waals surface area contributed by atoms with Gasteiger partial charge in [0.1, 0.15) is 12.1 Å². The van der Waals surface area contributed by atoms with Crippen LogP contribution in [0.1, 0.15) is 39.5 Å². The molecule has 0 bridgehead atoms. The number of carboxylic acid groups (broad SMARTS) is 1. The quantitative estimate of drug-likeness (QED) is 0.699. The number of nitrogens with two attached hydrogens (primary N) is 1. The Balaban J connectivity index is 2.81. The van der Waals surface area contributed by atoms with Crippen LogP contribution in [-0.2, 0) is 9.59 Å². The van der Waals surface area contributed by atoms with Gasteiger partial charge >= 0.3 is 12.0 Å². The van der Waals surface area contributed by atoms with Crippen molar-refractivity contribution in [3.8, 4) is 0 Å². The van der Waals surface area contributed by atoms with Crippen molar-refractivity contribution in [2.24, 2.45) is 11.7 Å². The van der Waals surface area contributed by atoms with E-state index in [0.717, 1.165) is 19.3 Å². The Morgan fingerprint density at radius 3 is 2.40 bits per heavy atom. The number of rotatable bonds is 4. The van der Waals surface area contributed by atoms with Crippen molar-refractivity contribution in [1.29, 1.82) is 0 Å². The smallest absolute Gasteiger partial charge is 0.326 e. The highest BCUT2D eigenvalue weighted by molar-refractivity contribution is 5.88. The lowest BCUT2D eigenvalue weighted by atomic mass is 10.0. The first-order chi connectivity index (χ1) is 9.34. The van der Waals surface area contributed by atoms with Crippen LogP contribution in [0.4, 0.5) is 4.79 Å². The van der Waals surface area contributed by atoms with Crippen molar-refractivity contribution < 1.29 is 19.5 Å². The predicted octanol–water partition coefficient (Wildman–Crippen LogP) is 0.535. The lowest BCUT2D eigenvalue weighted by Crippen LogP contribution is -2.55. The normalized spacial score (nSPS) is 21.1. The summed E-state index contributed by atoms with van der Waals surface area (Å²) in [6.07, 6.45) is 2.88. The first kappa shape index (κ1) is 16.3. The molecule has 3 amide bonds. The van der Waals surface area contributed by atoms with Gasteiger partial charge in [0.05, 0.1) is 0 Å². The zero-order chi connectivity index (χ0) is 15.3. The lowest BCUT2D eigenvalue weighted by Gasteiger charge is -2.29. The van der Waals surface area contributed by atoms with Crippen LogP contribution >= 0.6 is 0 Å². The maximum atomic E-state index is 12.2. The van der Waals surface area contributed by atoms with Gasteiger partial charge in [0, 0.05) is 6.54 Å². The summed E-state index contributed by atoms with van der Waals surface area (Å²) in [5, 5.41) is 11.8. The van der Waals surface area contributed by atoms with E-state index in [0.29, 0.717) is 13.0 Å². The molecule has 1 aliphatic heterocycles. The summed E-state index contributed by atoms with van der Waals surface area (Å²) in [5.74, 6) is -1.77. The van der Waals surface area contributed by atoms with Gasteiger partial charge in [0.25, 0.3) is 0 Å². The number of likely N-dealkylation sites (tertiary alicyclic amines) is 1. The third kappa shape index (κ3) is 4.11. The molecule has 1 heterocycles. The Morgan fingerprint density at radius 2 is 1.90 bits per heavy atom. The minimum absolute atomic E-state index is 0.147. The van der Waals surface area contributed by atoms with Crippen molar-refractivity contribution in [2.75, 3.05) is 6.54 Å². The molecule has 4 N–H and O–H groups in total. The van der Waals surface area contributed by atoms with Crippen molar-refractivity contribution in [2.45, 2.75) is 51.6 Å². The SMILES string of the molecule is CC(C)C(NC(=O)N1CCCCCC1C(=O)O)C(N)=O. The molecule has 1 fully saturated rings. The summed E-state index contributed by atoms with van der Waals surface area (Å²) in [4.78, 5) is 36.1. The maximum absolute atomic E-state index is 12.2. The molecule has 0 radical (unpaired) electrons. The number of amides is 3. The highest BCUT2D eigenvalue weighted by atomic mass is 16.4. The third-order valence-electron chi connectivity index (χ3n) is 3.55. The number of hydrogen-bond acceptors (Lipinski definition) is 3. The van der Waals surface area contributed by atoms with Crippen LogP contribution in [0, 0.1) is 5.92 Å². The number of aliphatic carboxylic acids is 1. The molecule has 0 aliphatic carbocycles. The minimum Gasteiger partial charge on any atom is -0.480 e. The minimum atomic E-state index is -1.01. The first-order valence-corrected chi connectivity index (χ1v) is 6.93. The number of hydrogen-bond donors (Lipinski definition) is 3. The van der Waals surface area contributed by atoms with E-state index in [1.165, 1.54) is 4.90 Å². The number of urea groups is 1. The van der Waals surface area contributed by atoms with Gasteiger partial charge in [-0.05, 0) is 18.8 Å². The fourth-order valence-corrected chi connectivity index (χ4v) is 2.39. The van der Waals surface area contributed by atoms with Crippen LogP contribution < -0.4 is 11.1 Å². The van der Waals surface area contributed by atoms with Gasteiger partial charge in [0.2, 0.25) is 5.91 Å². The van der Waals surface area contributed by atoms with E-state index in [1.807, 2.05) is 0 Å². The number of nitrogens with one attached hydrogen (secondary N) is 1.